The van der Waals surface area contributed by atoms with E-state index in [2.05, 4.69) is 9.71 Å². The lowest BCUT2D eigenvalue weighted by atomic mass is 10.3. The summed E-state index contributed by atoms with van der Waals surface area (Å²) in [7, 11) is -3.83. The molecule has 0 unspecified atom stereocenters. The van der Waals surface area contributed by atoms with Crippen molar-refractivity contribution in [1.82, 2.24) is 4.98 Å². The SMILES string of the molecule is CCOc1ccc(Cl)cc1S(=O)(=O)Nc1ccc2nc(CC)sc2c1. The molecule has 0 aliphatic heterocycles. The molecular weight excluding hydrogens is 380 g/mol. The highest BCUT2D eigenvalue weighted by atomic mass is 35.5. The number of fused-ring (bicyclic) bond motifs is 1. The van der Waals surface area contributed by atoms with Crippen molar-refractivity contribution in [3.8, 4) is 5.75 Å². The number of sulfonamides is 1. The van der Waals surface area contributed by atoms with Gasteiger partial charge in [0.1, 0.15) is 10.6 Å². The van der Waals surface area contributed by atoms with E-state index >= 15 is 0 Å². The minimum Gasteiger partial charge on any atom is -0.492 e. The molecule has 0 fully saturated rings. The van der Waals surface area contributed by atoms with Gasteiger partial charge in [0.15, 0.2) is 0 Å². The molecule has 0 amide bonds. The third-order valence-electron chi connectivity index (χ3n) is 3.48. The highest BCUT2D eigenvalue weighted by Crippen LogP contribution is 2.31. The number of anilines is 1. The zero-order valence-electron chi connectivity index (χ0n) is 13.7. The Hall–Kier alpha value is -1.83. The Balaban J connectivity index is 1.97. The number of hydrogen-bond acceptors (Lipinski definition) is 5. The monoisotopic (exact) mass is 396 g/mol. The van der Waals surface area contributed by atoms with E-state index in [1.807, 2.05) is 13.0 Å². The molecule has 25 heavy (non-hydrogen) atoms. The molecule has 1 aromatic heterocycles. The summed E-state index contributed by atoms with van der Waals surface area (Å²) in [5, 5.41) is 1.35. The maximum absolute atomic E-state index is 12.8. The molecule has 0 saturated carbocycles. The van der Waals surface area contributed by atoms with Crippen LogP contribution in [-0.4, -0.2) is 20.0 Å². The van der Waals surface area contributed by atoms with Crippen molar-refractivity contribution >= 4 is 48.9 Å². The van der Waals surface area contributed by atoms with Crippen molar-refractivity contribution in [3.63, 3.8) is 0 Å². The quantitative estimate of drug-likeness (QED) is 0.655. The first-order chi connectivity index (χ1) is 11.9. The molecule has 3 aromatic rings. The van der Waals surface area contributed by atoms with Gasteiger partial charge in [-0.1, -0.05) is 18.5 Å². The fourth-order valence-corrected chi connectivity index (χ4v) is 4.77. The Morgan fingerprint density at radius 2 is 2.00 bits per heavy atom. The molecule has 0 radical (unpaired) electrons. The lowest BCUT2D eigenvalue weighted by molar-refractivity contribution is 0.331. The van der Waals surface area contributed by atoms with E-state index in [0.717, 1.165) is 21.6 Å². The van der Waals surface area contributed by atoms with E-state index in [4.69, 9.17) is 16.3 Å². The van der Waals surface area contributed by atoms with Crippen molar-refractivity contribution in [2.75, 3.05) is 11.3 Å². The van der Waals surface area contributed by atoms with Crippen molar-refractivity contribution < 1.29 is 13.2 Å². The largest absolute Gasteiger partial charge is 0.492 e. The van der Waals surface area contributed by atoms with E-state index in [-0.39, 0.29) is 10.6 Å². The Morgan fingerprint density at radius 3 is 2.72 bits per heavy atom. The number of hydrogen-bond donors (Lipinski definition) is 1. The first-order valence-electron chi connectivity index (χ1n) is 7.77. The first-order valence-corrected chi connectivity index (χ1v) is 10.5. The van der Waals surface area contributed by atoms with Crippen molar-refractivity contribution in [2.45, 2.75) is 25.2 Å². The zero-order chi connectivity index (χ0) is 18.0. The van der Waals surface area contributed by atoms with Crippen LogP contribution in [0.5, 0.6) is 5.75 Å². The molecule has 1 heterocycles. The number of rotatable bonds is 6. The fourth-order valence-electron chi connectivity index (χ4n) is 2.36. The third kappa shape index (κ3) is 3.89. The fraction of sp³-hybridized carbons (Fsp3) is 0.235. The Kier molecular flexibility index (Phi) is 5.17. The molecule has 0 bridgehead atoms. The Labute approximate surface area is 155 Å². The summed E-state index contributed by atoms with van der Waals surface area (Å²) in [5.74, 6) is 0.270. The second kappa shape index (κ2) is 7.19. The number of thiazole rings is 1. The summed E-state index contributed by atoms with van der Waals surface area (Å²) in [6, 6.07) is 9.83. The molecule has 5 nitrogen and oxygen atoms in total. The van der Waals surface area contributed by atoms with Gasteiger partial charge in [-0.05, 0) is 49.7 Å². The Morgan fingerprint density at radius 1 is 1.20 bits per heavy atom. The normalized spacial score (nSPS) is 11.6. The van der Waals surface area contributed by atoms with Gasteiger partial charge in [-0.2, -0.15) is 0 Å². The van der Waals surface area contributed by atoms with Crippen LogP contribution < -0.4 is 9.46 Å². The van der Waals surface area contributed by atoms with Gasteiger partial charge in [0.2, 0.25) is 0 Å². The molecule has 8 heteroatoms. The molecule has 1 N–H and O–H groups in total. The number of aromatic nitrogens is 1. The van der Waals surface area contributed by atoms with E-state index < -0.39 is 10.0 Å². The molecular formula is C17H17ClN2O3S2. The molecule has 0 atom stereocenters. The standard InChI is InChI=1S/C17H17ClN2O3S2/c1-3-17-19-13-7-6-12(10-15(13)24-17)20-25(21,22)16-9-11(18)5-8-14(16)23-4-2/h5-10,20H,3-4H2,1-2H3. The van der Waals surface area contributed by atoms with Crippen LogP contribution in [-0.2, 0) is 16.4 Å². The van der Waals surface area contributed by atoms with Gasteiger partial charge in [-0.3, -0.25) is 4.72 Å². The smallest absolute Gasteiger partial charge is 0.265 e. The summed E-state index contributed by atoms with van der Waals surface area (Å²) in [4.78, 5) is 4.50. The van der Waals surface area contributed by atoms with Gasteiger partial charge < -0.3 is 4.74 Å². The highest BCUT2D eigenvalue weighted by Gasteiger charge is 2.21. The van der Waals surface area contributed by atoms with Gasteiger partial charge in [-0.25, -0.2) is 13.4 Å². The van der Waals surface area contributed by atoms with Crippen LogP contribution in [0.2, 0.25) is 5.02 Å². The number of nitrogens with zero attached hydrogens (tertiary/aromatic N) is 1. The first kappa shape index (κ1) is 18.0. The minimum absolute atomic E-state index is 0.0144. The summed E-state index contributed by atoms with van der Waals surface area (Å²) >= 11 is 7.52. The van der Waals surface area contributed by atoms with Crippen molar-refractivity contribution in [2.24, 2.45) is 0 Å². The summed E-state index contributed by atoms with van der Waals surface area (Å²) in [6.07, 6.45) is 0.848. The highest BCUT2D eigenvalue weighted by molar-refractivity contribution is 7.92. The van der Waals surface area contributed by atoms with Crippen LogP contribution in [0.4, 0.5) is 5.69 Å². The van der Waals surface area contributed by atoms with Crippen LogP contribution >= 0.6 is 22.9 Å². The summed E-state index contributed by atoms with van der Waals surface area (Å²) < 4.78 is 34.5. The van der Waals surface area contributed by atoms with Gasteiger partial charge in [0.25, 0.3) is 10.0 Å². The summed E-state index contributed by atoms with van der Waals surface area (Å²) in [5.41, 5.74) is 1.34. The maximum Gasteiger partial charge on any atom is 0.265 e. The predicted octanol–water partition coefficient (Wildman–Crippen LogP) is 4.71. The third-order valence-corrected chi connectivity index (χ3v) is 6.28. The number of aryl methyl sites for hydroxylation is 1. The van der Waals surface area contributed by atoms with Crippen LogP contribution in [0.25, 0.3) is 10.2 Å². The zero-order valence-corrected chi connectivity index (χ0v) is 16.1. The van der Waals surface area contributed by atoms with Crippen LogP contribution in [0, 0.1) is 0 Å². The predicted molar refractivity (Wildman–Crippen MR) is 102 cm³/mol. The topological polar surface area (TPSA) is 68.3 Å². The molecule has 0 aliphatic carbocycles. The second-order valence-electron chi connectivity index (χ2n) is 5.27. The lowest BCUT2D eigenvalue weighted by Gasteiger charge is -2.13. The van der Waals surface area contributed by atoms with E-state index in [1.165, 1.54) is 6.07 Å². The van der Waals surface area contributed by atoms with E-state index in [0.29, 0.717) is 17.3 Å². The molecule has 132 valence electrons. The molecule has 3 rings (SSSR count). The molecule has 0 aliphatic rings. The van der Waals surface area contributed by atoms with Crippen LogP contribution in [0.1, 0.15) is 18.9 Å². The van der Waals surface area contributed by atoms with Gasteiger partial charge in [-0.15, -0.1) is 11.3 Å². The van der Waals surface area contributed by atoms with Crippen LogP contribution in [0.3, 0.4) is 0 Å². The van der Waals surface area contributed by atoms with Gasteiger partial charge in [0, 0.05) is 5.02 Å². The van der Waals surface area contributed by atoms with E-state index in [9.17, 15) is 8.42 Å². The minimum atomic E-state index is -3.83. The Bertz CT molecular complexity index is 1020. The van der Waals surface area contributed by atoms with Gasteiger partial charge >= 0.3 is 0 Å². The lowest BCUT2D eigenvalue weighted by Crippen LogP contribution is -2.14. The van der Waals surface area contributed by atoms with Crippen molar-refractivity contribution in [1.29, 1.82) is 0 Å². The number of ether oxygens (including phenoxy) is 1. The molecule has 0 spiro atoms. The summed E-state index contributed by atoms with van der Waals surface area (Å²) in [6.45, 7) is 4.19. The van der Waals surface area contributed by atoms with Crippen molar-refractivity contribution in [3.05, 3.63) is 46.4 Å². The van der Waals surface area contributed by atoms with Gasteiger partial charge in [0.05, 0.1) is 27.5 Å². The molecule has 2 aromatic carbocycles. The maximum atomic E-state index is 12.8. The average molecular weight is 397 g/mol. The van der Waals surface area contributed by atoms with Crippen LogP contribution in [0.15, 0.2) is 41.3 Å². The molecule has 0 saturated heterocycles. The average Bonchev–Trinajstić information content (AvgIpc) is 2.98. The second-order valence-corrected chi connectivity index (χ2v) is 8.48. The number of benzene rings is 2. The number of nitrogens with one attached hydrogen (secondary N) is 1. The number of halogens is 1. The van der Waals surface area contributed by atoms with E-state index in [1.54, 1.807) is 42.5 Å².